The van der Waals surface area contributed by atoms with Crippen molar-refractivity contribution in [1.82, 2.24) is 10.3 Å². The van der Waals surface area contributed by atoms with Gasteiger partial charge in [0.15, 0.2) is 0 Å². The maximum atomic E-state index is 12.0. The number of rotatable bonds is 3. The molecule has 0 saturated heterocycles. The Morgan fingerprint density at radius 3 is 2.67 bits per heavy atom. The quantitative estimate of drug-likeness (QED) is 0.803. The van der Waals surface area contributed by atoms with Crippen molar-refractivity contribution in [1.29, 1.82) is 0 Å². The van der Waals surface area contributed by atoms with Crippen molar-refractivity contribution in [3.63, 3.8) is 0 Å². The third-order valence-electron chi connectivity index (χ3n) is 2.64. The molecule has 0 bridgehead atoms. The molecule has 0 aliphatic heterocycles. The van der Waals surface area contributed by atoms with Gasteiger partial charge in [-0.25, -0.2) is 0 Å². The molecule has 5 nitrogen and oxygen atoms in total. The lowest BCUT2D eigenvalue weighted by Crippen LogP contribution is -2.42. The van der Waals surface area contributed by atoms with Gasteiger partial charge in [-0.2, -0.15) is 0 Å². The molecule has 1 heterocycles. The second-order valence-corrected chi connectivity index (χ2v) is 4.75. The van der Waals surface area contributed by atoms with Crippen molar-refractivity contribution in [2.75, 3.05) is 0 Å². The zero-order valence-corrected chi connectivity index (χ0v) is 11.2. The fourth-order valence-corrected chi connectivity index (χ4v) is 2.23. The summed E-state index contributed by atoms with van der Waals surface area (Å²) in [4.78, 5) is 25.9. The van der Waals surface area contributed by atoms with Gasteiger partial charge in [0.05, 0.1) is 4.47 Å². The van der Waals surface area contributed by atoms with E-state index in [1.165, 1.54) is 6.92 Å². The molecule has 0 radical (unpaired) electrons. The molecule has 94 valence electrons. The first-order valence-electron chi connectivity index (χ1n) is 5.37. The number of halogens is 1. The number of aromatic amines is 1. The van der Waals surface area contributed by atoms with Crippen molar-refractivity contribution in [3.8, 4) is 0 Å². The Morgan fingerprint density at radius 1 is 1.39 bits per heavy atom. The van der Waals surface area contributed by atoms with Gasteiger partial charge >= 0.3 is 0 Å². The summed E-state index contributed by atoms with van der Waals surface area (Å²) in [6.07, 6.45) is 0. The van der Waals surface area contributed by atoms with Crippen molar-refractivity contribution < 1.29 is 9.59 Å². The molecule has 4 N–H and O–H groups in total. The standard InChI is InChI=1S/C12H12BrN3O2/c1-6(11(14)17)15-12(18)10-9(13)7-4-2-3-5-8(7)16-10/h2-6,16H,1H3,(H2,14,17)(H,15,18)/t6-/m1/s1. The van der Waals surface area contributed by atoms with Crippen molar-refractivity contribution in [3.05, 3.63) is 34.4 Å². The SMILES string of the molecule is C[C@@H](NC(=O)c1[nH]c2ccccc2c1Br)C(N)=O. The summed E-state index contributed by atoms with van der Waals surface area (Å²) in [5.74, 6) is -0.944. The number of carbonyl (C=O) groups is 2. The van der Waals surface area contributed by atoms with Crippen LogP contribution < -0.4 is 11.1 Å². The highest BCUT2D eigenvalue weighted by Crippen LogP contribution is 2.27. The Labute approximate surface area is 112 Å². The van der Waals surface area contributed by atoms with E-state index in [-0.39, 0.29) is 5.91 Å². The van der Waals surface area contributed by atoms with Crippen LogP contribution in [0.2, 0.25) is 0 Å². The van der Waals surface area contributed by atoms with Crippen LogP contribution in [0.3, 0.4) is 0 Å². The van der Waals surface area contributed by atoms with E-state index >= 15 is 0 Å². The van der Waals surface area contributed by atoms with Gasteiger partial charge in [0.2, 0.25) is 5.91 Å². The van der Waals surface area contributed by atoms with E-state index in [1.807, 2.05) is 24.3 Å². The average Bonchev–Trinajstić information content (AvgIpc) is 2.67. The minimum absolute atomic E-state index is 0.371. The zero-order valence-electron chi connectivity index (χ0n) is 9.66. The normalized spacial score (nSPS) is 12.3. The van der Waals surface area contributed by atoms with E-state index < -0.39 is 11.9 Å². The number of benzene rings is 1. The minimum Gasteiger partial charge on any atom is -0.368 e. The molecule has 0 saturated carbocycles. The van der Waals surface area contributed by atoms with Crippen molar-refractivity contribution >= 4 is 38.6 Å². The van der Waals surface area contributed by atoms with Gasteiger partial charge in [-0.1, -0.05) is 18.2 Å². The predicted molar refractivity (Wildman–Crippen MR) is 72.1 cm³/mol. The number of aromatic nitrogens is 1. The van der Waals surface area contributed by atoms with E-state index in [1.54, 1.807) is 0 Å². The van der Waals surface area contributed by atoms with E-state index in [0.717, 1.165) is 10.9 Å². The van der Waals surface area contributed by atoms with Crippen LogP contribution >= 0.6 is 15.9 Å². The first-order valence-corrected chi connectivity index (χ1v) is 6.16. The smallest absolute Gasteiger partial charge is 0.269 e. The molecule has 1 aromatic heterocycles. The Balaban J connectivity index is 2.34. The Hall–Kier alpha value is -1.82. The van der Waals surface area contributed by atoms with Crippen LogP contribution in [0, 0.1) is 0 Å². The fourth-order valence-electron chi connectivity index (χ4n) is 1.60. The van der Waals surface area contributed by atoms with Gasteiger partial charge in [0.1, 0.15) is 11.7 Å². The van der Waals surface area contributed by atoms with Gasteiger partial charge in [-0.3, -0.25) is 9.59 Å². The number of amides is 2. The molecule has 1 atom stereocenters. The first kappa shape index (κ1) is 12.6. The van der Waals surface area contributed by atoms with E-state index in [0.29, 0.717) is 10.2 Å². The second-order valence-electron chi connectivity index (χ2n) is 3.96. The largest absolute Gasteiger partial charge is 0.368 e. The number of carbonyl (C=O) groups excluding carboxylic acids is 2. The molecule has 2 aromatic rings. The lowest BCUT2D eigenvalue weighted by molar-refractivity contribution is -0.119. The van der Waals surface area contributed by atoms with Crippen LogP contribution in [0.15, 0.2) is 28.7 Å². The number of H-pyrrole nitrogens is 1. The second kappa shape index (κ2) is 4.81. The third kappa shape index (κ3) is 2.24. The van der Waals surface area contributed by atoms with Crippen LogP contribution in [-0.2, 0) is 4.79 Å². The van der Waals surface area contributed by atoms with Gasteiger partial charge in [-0.05, 0) is 28.9 Å². The van der Waals surface area contributed by atoms with Crippen LogP contribution in [0.1, 0.15) is 17.4 Å². The van der Waals surface area contributed by atoms with Crippen molar-refractivity contribution in [2.45, 2.75) is 13.0 Å². The maximum absolute atomic E-state index is 12.0. The monoisotopic (exact) mass is 309 g/mol. The molecular formula is C12H12BrN3O2. The number of primary amides is 1. The minimum atomic E-state index is -0.712. The number of nitrogens with two attached hydrogens (primary N) is 1. The van der Waals surface area contributed by atoms with Gasteiger partial charge in [0, 0.05) is 10.9 Å². The summed E-state index contributed by atoms with van der Waals surface area (Å²) in [5, 5.41) is 3.43. The molecule has 0 aliphatic rings. The van der Waals surface area contributed by atoms with Crippen LogP contribution in [0.5, 0.6) is 0 Å². The van der Waals surface area contributed by atoms with Gasteiger partial charge in [0.25, 0.3) is 5.91 Å². The lowest BCUT2D eigenvalue weighted by atomic mass is 10.2. The third-order valence-corrected chi connectivity index (χ3v) is 3.47. The molecule has 1 aromatic carbocycles. The summed E-state index contributed by atoms with van der Waals surface area (Å²) in [7, 11) is 0. The van der Waals surface area contributed by atoms with Crippen LogP contribution in [0.4, 0.5) is 0 Å². The molecule has 2 amide bonds. The highest BCUT2D eigenvalue weighted by Gasteiger charge is 2.19. The molecule has 18 heavy (non-hydrogen) atoms. The predicted octanol–water partition coefficient (Wildman–Crippen LogP) is 1.53. The fraction of sp³-hybridized carbons (Fsp3) is 0.167. The van der Waals surface area contributed by atoms with Crippen LogP contribution in [0.25, 0.3) is 10.9 Å². The van der Waals surface area contributed by atoms with E-state index in [9.17, 15) is 9.59 Å². The molecule has 0 unspecified atom stereocenters. The number of nitrogens with one attached hydrogen (secondary N) is 2. The zero-order chi connectivity index (χ0) is 13.3. The topological polar surface area (TPSA) is 88.0 Å². The van der Waals surface area contributed by atoms with Gasteiger partial charge < -0.3 is 16.0 Å². The van der Waals surface area contributed by atoms with Crippen LogP contribution in [-0.4, -0.2) is 22.8 Å². The molecule has 0 aliphatic carbocycles. The van der Waals surface area contributed by atoms with Crippen molar-refractivity contribution in [2.24, 2.45) is 5.73 Å². The summed E-state index contributed by atoms with van der Waals surface area (Å²) >= 11 is 3.37. The maximum Gasteiger partial charge on any atom is 0.269 e. The number of fused-ring (bicyclic) bond motifs is 1. The number of hydrogen-bond donors (Lipinski definition) is 3. The number of hydrogen-bond acceptors (Lipinski definition) is 2. The first-order chi connectivity index (χ1) is 8.50. The molecular weight excluding hydrogens is 298 g/mol. The Kier molecular flexibility index (Phi) is 3.38. The highest BCUT2D eigenvalue weighted by atomic mass is 79.9. The number of para-hydroxylation sites is 1. The summed E-state index contributed by atoms with van der Waals surface area (Å²) in [6.45, 7) is 1.54. The van der Waals surface area contributed by atoms with Gasteiger partial charge in [-0.15, -0.1) is 0 Å². The Morgan fingerprint density at radius 2 is 2.06 bits per heavy atom. The summed E-state index contributed by atoms with van der Waals surface area (Å²) in [6, 6.07) is 6.81. The molecule has 6 heteroatoms. The Bertz CT molecular complexity index is 621. The average molecular weight is 310 g/mol. The summed E-state index contributed by atoms with van der Waals surface area (Å²) < 4.78 is 0.673. The molecule has 2 rings (SSSR count). The lowest BCUT2D eigenvalue weighted by Gasteiger charge is -2.09. The highest BCUT2D eigenvalue weighted by molar-refractivity contribution is 9.10. The molecule has 0 spiro atoms. The molecule has 0 fully saturated rings. The van der Waals surface area contributed by atoms with E-state index in [2.05, 4.69) is 26.2 Å². The summed E-state index contributed by atoms with van der Waals surface area (Å²) in [5.41, 5.74) is 6.33. The van der Waals surface area contributed by atoms with E-state index in [4.69, 9.17) is 5.73 Å².